The number of rotatable bonds is 3. The molecule has 0 rings (SSSR count). The van der Waals surface area contributed by atoms with Crippen molar-refractivity contribution in [2.24, 2.45) is 0 Å². The molecule has 1 radical (unpaired) electrons. The van der Waals surface area contributed by atoms with Crippen molar-refractivity contribution in [2.45, 2.75) is 26.2 Å². The van der Waals surface area contributed by atoms with Crippen LogP contribution in [0.25, 0.3) is 0 Å². The van der Waals surface area contributed by atoms with E-state index in [9.17, 15) is 5.11 Å². The minimum Gasteiger partial charge on any atom is -0.296 e. The lowest BCUT2D eigenvalue weighted by Gasteiger charge is -1.87. The maximum absolute atomic E-state index is 10.1. The van der Waals surface area contributed by atoms with Crippen LogP contribution in [-0.2, 0) is 5.11 Å². The van der Waals surface area contributed by atoms with Gasteiger partial charge in [-0.15, -0.1) is 0 Å². The summed E-state index contributed by atoms with van der Waals surface area (Å²) in [6.45, 7) is 5.30. The second-order valence-electron chi connectivity index (χ2n) is 1.64. The highest BCUT2D eigenvalue weighted by Crippen LogP contribution is 1.99. The van der Waals surface area contributed by atoms with Gasteiger partial charge in [-0.05, 0) is 6.42 Å². The fourth-order valence-corrected chi connectivity index (χ4v) is 0.374. The summed E-state index contributed by atoms with van der Waals surface area (Å²) in [6, 6.07) is 0. The minimum absolute atomic E-state index is 0.0573. The van der Waals surface area contributed by atoms with E-state index < -0.39 is 0 Å². The van der Waals surface area contributed by atoms with Gasteiger partial charge < -0.3 is 0 Å². The third-order valence-electron chi connectivity index (χ3n) is 0.809. The summed E-state index contributed by atoms with van der Waals surface area (Å²) in [7, 11) is 0. The Morgan fingerprint density at radius 2 is 2.29 bits per heavy atom. The second-order valence-corrected chi connectivity index (χ2v) is 1.64. The summed E-state index contributed by atoms with van der Waals surface area (Å²) < 4.78 is 0. The number of hydrogen-bond donors (Lipinski definition) is 0. The molecule has 1 heteroatoms. The molecule has 0 fully saturated rings. The van der Waals surface area contributed by atoms with E-state index in [0.717, 1.165) is 12.8 Å². The lowest BCUT2D eigenvalue weighted by Crippen LogP contribution is -1.73. The van der Waals surface area contributed by atoms with Gasteiger partial charge >= 0.3 is 0 Å². The molecule has 0 N–H and O–H groups in total. The maximum atomic E-state index is 10.1. The van der Waals surface area contributed by atoms with Crippen LogP contribution >= 0.6 is 0 Å². The van der Waals surface area contributed by atoms with Crippen LogP contribution in [-0.4, -0.2) is 0 Å². The molecule has 1 nitrogen and oxygen atoms in total. The van der Waals surface area contributed by atoms with Crippen LogP contribution in [0.2, 0.25) is 0 Å². The standard InChI is InChI=1S/C6H11O/c1-3-4-5-6(2)7/h2-5H2,1H3. The van der Waals surface area contributed by atoms with Crippen molar-refractivity contribution in [1.29, 1.82) is 0 Å². The molecule has 0 aliphatic rings. The Morgan fingerprint density at radius 1 is 1.71 bits per heavy atom. The average Bonchev–Trinajstić information content (AvgIpc) is 1.61. The second kappa shape index (κ2) is 3.72. The minimum atomic E-state index is 0.0573. The van der Waals surface area contributed by atoms with Gasteiger partial charge in [-0.25, -0.2) is 0 Å². The Labute approximate surface area is 44.7 Å². The lowest BCUT2D eigenvalue weighted by atomic mass is 10.2. The largest absolute Gasteiger partial charge is 0.296 e. The molecule has 0 saturated carbocycles. The summed E-state index contributed by atoms with van der Waals surface area (Å²) in [4.78, 5) is 0. The van der Waals surface area contributed by atoms with Gasteiger partial charge in [-0.2, -0.15) is 0 Å². The Bertz CT molecular complexity index is 57.2. The molecule has 0 aromatic rings. The van der Waals surface area contributed by atoms with Crippen LogP contribution in [0.1, 0.15) is 26.2 Å². The average molecular weight is 99.2 g/mol. The molecule has 0 amide bonds. The molecule has 0 unspecified atom stereocenters. The summed E-state index contributed by atoms with van der Waals surface area (Å²) in [5, 5.41) is 10.1. The van der Waals surface area contributed by atoms with Gasteiger partial charge in [0, 0.05) is 6.42 Å². The van der Waals surface area contributed by atoms with E-state index in [-0.39, 0.29) is 5.76 Å². The van der Waals surface area contributed by atoms with Gasteiger partial charge in [0.05, 0.1) is 0 Å². The SMILES string of the molecule is C=C([O])CCCC. The molecule has 41 valence electrons. The molecule has 0 heterocycles. The fraction of sp³-hybridized carbons (Fsp3) is 0.667. The zero-order valence-electron chi connectivity index (χ0n) is 4.74. The molecule has 0 aromatic heterocycles. The van der Waals surface area contributed by atoms with E-state index >= 15 is 0 Å². The van der Waals surface area contributed by atoms with Crippen molar-refractivity contribution in [2.75, 3.05) is 0 Å². The smallest absolute Gasteiger partial charge is 0.148 e. The topological polar surface area (TPSA) is 19.9 Å². The summed E-state index contributed by atoms with van der Waals surface area (Å²) in [5.74, 6) is 0.0573. The van der Waals surface area contributed by atoms with Crippen molar-refractivity contribution >= 4 is 0 Å². The maximum Gasteiger partial charge on any atom is 0.148 e. The summed E-state index contributed by atoms with van der Waals surface area (Å²) in [6.07, 6.45) is 2.72. The van der Waals surface area contributed by atoms with Crippen molar-refractivity contribution in [3.8, 4) is 0 Å². The first-order chi connectivity index (χ1) is 3.27. The van der Waals surface area contributed by atoms with Crippen LogP contribution in [0.4, 0.5) is 0 Å². The summed E-state index contributed by atoms with van der Waals surface area (Å²) in [5.41, 5.74) is 0. The number of allylic oxidation sites excluding steroid dienone is 1. The van der Waals surface area contributed by atoms with E-state index in [0.29, 0.717) is 6.42 Å². The highest BCUT2D eigenvalue weighted by Gasteiger charge is 1.86. The Morgan fingerprint density at radius 3 is 2.43 bits per heavy atom. The molecule has 0 bridgehead atoms. The molecule has 0 atom stereocenters. The van der Waals surface area contributed by atoms with Crippen molar-refractivity contribution in [3.05, 3.63) is 12.3 Å². The predicted molar refractivity (Wildman–Crippen MR) is 29.4 cm³/mol. The Hall–Kier alpha value is -0.460. The van der Waals surface area contributed by atoms with Gasteiger partial charge in [-0.3, -0.25) is 5.11 Å². The third kappa shape index (κ3) is 5.54. The quantitative estimate of drug-likeness (QED) is 0.483. The van der Waals surface area contributed by atoms with Crippen molar-refractivity contribution in [1.82, 2.24) is 0 Å². The Kier molecular flexibility index (Phi) is 3.48. The highest BCUT2D eigenvalue weighted by molar-refractivity contribution is 4.76. The van der Waals surface area contributed by atoms with E-state index in [1.165, 1.54) is 0 Å². The molecule has 0 aliphatic carbocycles. The number of hydrogen-bond acceptors (Lipinski definition) is 0. The highest BCUT2D eigenvalue weighted by atomic mass is 16.3. The molecule has 7 heavy (non-hydrogen) atoms. The Balaban J connectivity index is 2.82. The molecule has 0 saturated heterocycles. The first-order valence-electron chi connectivity index (χ1n) is 2.62. The van der Waals surface area contributed by atoms with Crippen LogP contribution in [0.5, 0.6) is 0 Å². The molecular formula is C6H11O. The van der Waals surface area contributed by atoms with E-state index in [4.69, 9.17) is 0 Å². The van der Waals surface area contributed by atoms with Gasteiger partial charge in [-0.1, -0.05) is 19.9 Å². The predicted octanol–water partition coefficient (Wildman–Crippen LogP) is 2.12. The van der Waals surface area contributed by atoms with Crippen LogP contribution in [0.3, 0.4) is 0 Å². The van der Waals surface area contributed by atoms with Crippen molar-refractivity contribution in [3.63, 3.8) is 0 Å². The van der Waals surface area contributed by atoms with Gasteiger partial charge in [0.1, 0.15) is 5.76 Å². The van der Waals surface area contributed by atoms with Crippen molar-refractivity contribution < 1.29 is 5.11 Å². The van der Waals surface area contributed by atoms with Gasteiger partial charge in [0.2, 0.25) is 0 Å². The van der Waals surface area contributed by atoms with Gasteiger partial charge in [0.25, 0.3) is 0 Å². The monoisotopic (exact) mass is 99.1 g/mol. The first-order valence-corrected chi connectivity index (χ1v) is 2.62. The molecular weight excluding hydrogens is 88.1 g/mol. The van der Waals surface area contributed by atoms with Gasteiger partial charge in [0.15, 0.2) is 0 Å². The van der Waals surface area contributed by atoms with Crippen LogP contribution in [0.15, 0.2) is 12.3 Å². The summed E-state index contributed by atoms with van der Waals surface area (Å²) >= 11 is 0. The third-order valence-corrected chi connectivity index (χ3v) is 0.809. The molecule has 0 aliphatic heterocycles. The first kappa shape index (κ1) is 6.54. The zero-order chi connectivity index (χ0) is 5.70. The zero-order valence-corrected chi connectivity index (χ0v) is 4.74. The molecule has 0 aromatic carbocycles. The number of unbranched alkanes of at least 4 members (excludes halogenated alkanes) is 1. The van der Waals surface area contributed by atoms with E-state index in [2.05, 4.69) is 13.5 Å². The van der Waals surface area contributed by atoms with Crippen LogP contribution < -0.4 is 0 Å². The normalized spacial score (nSPS) is 8.71. The van der Waals surface area contributed by atoms with Crippen LogP contribution in [0, 0.1) is 0 Å². The fourth-order valence-electron chi connectivity index (χ4n) is 0.374. The van der Waals surface area contributed by atoms with E-state index in [1.54, 1.807) is 0 Å². The van der Waals surface area contributed by atoms with E-state index in [1.807, 2.05) is 0 Å². The molecule has 0 spiro atoms. The lowest BCUT2D eigenvalue weighted by molar-refractivity contribution is 0.281.